The maximum absolute atomic E-state index is 11.3. The minimum Gasteiger partial charge on any atom is -0.353 e. The highest BCUT2D eigenvalue weighted by Gasteiger charge is 2.05. The smallest absolute Gasteiger partial charge is 0.221 e. The summed E-state index contributed by atoms with van der Waals surface area (Å²) in [6.45, 7) is 11.5. The molecule has 0 aromatic heterocycles. The zero-order chi connectivity index (χ0) is 11.5. The van der Waals surface area contributed by atoms with Crippen LogP contribution in [0.4, 0.5) is 0 Å². The number of carbonyl (C=O) groups is 1. The summed E-state index contributed by atoms with van der Waals surface area (Å²) in [4.78, 5) is 13.7. The summed E-state index contributed by atoms with van der Waals surface area (Å²) < 4.78 is 0. The van der Waals surface area contributed by atoms with Gasteiger partial charge in [-0.2, -0.15) is 0 Å². The van der Waals surface area contributed by atoms with Gasteiger partial charge >= 0.3 is 0 Å². The molecule has 88 valence electrons. The van der Waals surface area contributed by atoms with Gasteiger partial charge in [-0.1, -0.05) is 19.9 Å². The summed E-state index contributed by atoms with van der Waals surface area (Å²) in [6.07, 6.45) is 4.59. The molecule has 3 heteroatoms. The van der Waals surface area contributed by atoms with E-state index >= 15 is 0 Å². The minimum atomic E-state index is 0.118. The zero-order valence-corrected chi connectivity index (χ0v) is 10.1. The summed E-state index contributed by atoms with van der Waals surface area (Å²) in [5.41, 5.74) is 0. The molecule has 0 aliphatic carbocycles. The Bertz CT molecular complexity index is 174. The first kappa shape index (κ1) is 14.2. The van der Waals surface area contributed by atoms with Crippen LogP contribution in [0.25, 0.3) is 0 Å². The molecule has 0 bridgehead atoms. The summed E-state index contributed by atoms with van der Waals surface area (Å²) in [5.74, 6) is 0.118. The third-order valence-corrected chi connectivity index (χ3v) is 2.18. The van der Waals surface area contributed by atoms with Gasteiger partial charge in [0.25, 0.3) is 0 Å². The third kappa shape index (κ3) is 8.18. The fraction of sp³-hybridized carbons (Fsp3) is 0.750. The molecule has 15 heavy (non-hydrogen) atoms. The number of nitrogens with one attached hydrogen (secondary N) is 1. The van der Waals surface area contributed by atoms with Crippen molar-refractivity contribution in [2.75, 3.05) is 26.2 Å². The predicted octanol–water partition coefficient (Wildman–Crippen LogP) is 1.80. The van der Waals surface area contributed by atoms with Crippen molar-refractivity contribution in [3.05, 3.63) is 12.7 Å². The number of amides is 1. The van der Waals surface area contributed by atoms with Crippen LogP contribution in [0.2, 0.25) is 0 Å². The standard InChI is InChI=1S/C12H24N2O/c1-4-8-13-12(15)7-11-14(9-5-2)10-6-3/h4H,1,5-11H2,2-3H3,(H,13,15). The van der Waals surface area contributed by atoms with Crippen molar-refractivity contribution in [2.24, 2.45) is 0 Å². The van der Waals surface area contributed by atoms with Crippen molar-refractivity contribution < 1.29 is 4.79 Å². The van der Waals surface area contributed by atoms with E-state index in [9.17, 15) is 4.79 Å². The molecule has 1 amide bonds. The molecule has 0 fully saturated rings. The van der Waals surface area contributed by atoms with Gasteiger partial charge in [-0.3, -0.25) is 4.79 Å². The topological polar surface area (TPSA) is 32.3 Å². The van der Waals surface area contributed by atoms with Crippen LogP contribution in [0.5, 0.6) is 0 Å². The molecule has 0 rings (SSSR count). The molecule has 0 heterocycles. The fourth-order valence-electron chi connectivity index (χ4n) is 1.50. The Hall–Kier alpha value is -0.830. The molecule has 0 aliphatic rings. The van der Waals surface area contributed by atoms with E-state index in [1.165, 1.54) is 0 Å². The maximum Gasteiger partial charge on any atom is 0.221 e. The number of carbonyl (C=O) groups excluding carboxylic acids is 1. The summed E-state index contributed by atoms with van der Waals surface area (Å²) in [7, 11) is 0. The fourth-order valence-corrected chi connectivity index (χ4v) is 1.50. The Morgan fingerprint density at radius 3 is 2.33 bits per heavy atom. The van der Waals surface area contributed by atoms with Gasteiger partial charge in [-0.05, 0) is 25.9 Å². The van der Waals surface area contributed by atoms with Crippen LogP contribution in [-0.4, -0.2) is 37.0 Å². The van der Waals surface area contributed by atoms with E-state index in [1.54, 1.807) is 6.08 Å². The second-order valence-electron chi connectivity index (χ2n) is 3.68. The quantitative estimate of drug-likeness (QED) is 0.591. The SMILES string of the molecule is C=CCNC(=O)CCN(CCC)CCC. The molecule has 0 atom stereocenters. The number of hydrogen-bond acceptors (Lipinski definition) is 2. The Labute approximate surface area is 93.5 Å². The highest BCUT2D eigenvalue weighted by Crippen LogP contribution is 1.96. The second kappa shape index (κ2) is 9.71. The highest BCUT2D eigenvalue weighted by atomic mass is 16.1. The van der Waals surface area contributed by atoms with Gasteiger partial charge in [0.1, 0.15) is 0 Å². The molecule has 3 nitrogen and oxygen atoms in total. The van der Waals surface area contributed by atoms with Crippen LogP contribution >= 0.6 is 0 Å². The van der Waals surface area contributed by atoms with Crippen molar-refractivity contribution in [1.29, 1.82) is 0 Å². The first-order valence-electron chi connectivity index (χ1n) is 5.84. The molecular formula is C12H24N2O. The van der Waals surface area contributed by atoms with E-state index in [4.69, 9.17) is 0 Å². The van der Waals surface area contributed by atoms with E-state index in [0.29, 0.717) is 13.0 Å². The monoisotopic (exact) mass is 212 g/mol. The van der Waals surface area contributed by atoms with E-state index in [-0.39, 0.29) is 5.91 Å². The van der Waals surface area contributed by atoms with Crippen molar-refractivity contribution in [3.63, 3.8) is 0 Å². The molecular weight excluding hydrogens is 188 g/mol. The lowest BCUT2D eigenvalue weighted by Crippen LogP contribution is -2.32. The van der Waals surface area contributed by atoms with Gasteiger partial charge in [-0.25, -0.2) is 0 Å². The largest absolute Gasteiger partial charge is 0.353 e. The average Bonchev–Trinajstić information content (AvgIpc) is 2.23. The molecule has 0 radical (unpaired) electrons. The van der Waals surface area contributed by atoms with Gasteiger partial charge in [0.05, 0.1) is 0 Å². The second-order valence-corrected chi connectivity index (χ2v) is 3.68. The summed E-state index contributed by atoms with van der Waals surface area (Å²) >= 11 is 0. The normalized spacial score (nSPS) is 10.3. The lowest BCUT2D eigenvalue weighted by atomic mass is 10.3. The van der Waals surface area contributed by atoms with Crippen molar-refractivity contribution in [2.45, 2.75) is 33.1 Å². The maximum atomic E-state index is 11.3. The van der Waals surface area contributed by atoms with E-state index in [1.807, 2.05) is 0 Å². The van der Waals surface area contributed by atoms with Crippen molar-refractivity contribution in [1.82, 2.24) is 10.2 Å². The minimum absolute atomic E-state index is 0.118. The molecule has 0 saturated carbocycles. The van der Waals surface area contributed by atoms with Crippen LogP contribution in [0, 0.1) is 0 Å². The van der Waals surface area contributed by atoms with Gasteiger partial charge in [0.15, 0.2) is 0 Å². The molecule has 1 N–H and O–H groups in total. The Balaban J connectivity index is 3.66. The first-order chi connectivity index (χ1) is 7.24. The molecule has 0 aromatic rings. The van der Waals surface area contributed by atoms with Crippen LogP contribution < -0.4 is 5.32 Å². The zero-order valence-electron chi connectivity index (χ0n) is 10.1. The summed E-state index contributed by atoms with van der Waals surface area (Å²) in [6, 6.07) is 0. The molecule has 0 aromatic carbocycles. The van der Waals surface area contributed by atoms with Crippen molar-refractivity contribution >= 4 is 5.91 Å². The van der Waals surface area contributed by atoms with E-state index < -0.39 is 0 Å². The number of rotatable bonds is 9. The number of nitrogens with zero attached hydrogens (tertiary/aromatic N) is 1. The molecule has 0 unspecified atom stereocenters. The molecule has 0 saturated heterocycles. The molecule has 0 spiro atoms. The highest BCUT2D eigenvalue weighted by molar-refractivity contribution is 5.76. The van der Waals surface area contributed by atoms with Crippen molar-refractivity contribution in [3.8, 4) is 0 Å². The lowest BCUT2D eigenvalue weighted by Gasteiger charge is -2.20. The van der Waals surface area contributed by atoms with E-state index in [0.717, 1.165) is 32.5 Å². The van der Waals surface area contributed by atoms with Crippen LogP contribution in [0.15, 0.2) is 12.7 Å². The third-order valence-electron chi connectivity index (χ3n) is 2.18. The van der Waals surface area contributed by atoms with Gasteiger partial charge in [-0.15, -0.1) is 6.58 Å². The van der Waals surface area contributed by atoms with E-state index in [2.05, 4.69) is 30.6 Å². The van der Waals surface area contributed by atoms with Crippen LogP contribution in [0.1, 0.15) is 33.1 Å². The summed E-state index contributed by atoms with van der Waals surface area (Å²) in [5, 5.41) is 2.79. The van der Waals surface area contributed by atoms with Gasteiger partial charge in [0.2, 0.25) is 5.91 Å². The van der Waals surface area contributed by atoms with Gasteiger partial charge < -0.3 is 10.2 Å². The Kier molecular flexibility index (Phi) is 9.18. The molecule has 0 aliphatic heterocycles. The van der Waals surface area contributed by atoms with Crippen LogP contribution in [-0.2, 0) is 4.79 Å². The van der Waals surface area contributed by atoms with Crippen LogP contribution in [0.3, 0.4) is 0 Å². The average molecular weight is 212 g/mol. The number of hydrogen-bond donors (Lipinski definition) is 1. The Morgan fingerprint density at radius 2 is 1.87 bits per heavy atom. The first-order valence-corrected chi connectivity index (χ1v) is 5.84. The predicted molar refractivity (Wildman–Crippen MR) is 64.8 cm³/mol. The van der Waals surface area contributed by atoms with Gasteiger partial charge in [0, 0.05) is 19.5 Å². The Morgan fingerprint density at radius 1 is 1.27 bits per heavy atom. The lowest BCUT2D eigenvalue weighted by molar-refractivity contribution is -0.121.